The van der Waals surface area contributed by atoms with Crippen molar-refractivity contribution in [3.63, 3.8) is 0 Å². The first-order valence-corrected chi connectivity index (χ1v) is 9.19. The van der Waals surface area contributed by atoms with Crippen LogP contribution in [0.1, 0.15) is 36.5 Å². The molecule has 0 radical (unpaired) electrons. The van der Waals surface area contributed by atoms with Crippen LogP contribution in [0.2, 0.25) is 0 Å². The lowest BCUT2D eigenvalue weighted by molar-refractivity contribution is 0.135. The Morgan fingerprint density at radius 2 is 1.92 bits per heavy atom. The van der Waals surface area contributed by atoms with Crippen LogP contribution in [0.5, 0.6) is 17.2 Å². The molecule has 0 aromatic heterocycles. The van der Waals surface area contributed by atoms with E-state index in [4.69, 9.17) is 14.2 Å². The predicted octanol–water partition coefficient (Wildman–Crippen LogP) is 3.21. The lowest BCUT2D eigenvalue weighted by Crippen LogP contribution is -2.34. The zero-order valence-electron chi connectivity index (χ0n) is 15.0. The number of aryl methyl sites for hydroxylation is 1. The zero-order chi connectivity index (χ0) is 17.9. The van der Waals surface area contributed by atoms with Gasteiger partial charge in [0.25, 0.3) is 0 Å². The Hall–Kier alpha value is -2.24. The summed E-state index contributed by atoms with van der Waals surface area (Å²) in [7, 11) is 1.65. The highest BCUT2D eigenvalue weighted by molar-refractivity contribution is 5.44. The third-order valence-corrected chi connectivity index (χ3v) is 5.33. The van der Waals surface area contributed by atoms with E-state index >= 15 is 0 Å². The van der Waals surface area contributed by atoms with Gasteiger partial charge in [0.2, 0.25) is 6.79 Å². The van der Waals surface area contributed by atoms with Crippen LogP contribution in [-0.2, 0) is 6.42 Å². The van der Waals surface area contributed by atoms with Crippen LogP contribution in [0.15, 0.2) is 42.5 Å². The molecule has 2 aromatic carbocycles. The van der Waals surface area contributed by atoms with Gasteiger partial charge in [-0.15, -0.1) is 0 Å². The van der Waals surface area contributed by atoms with Crippen LogP contribution in [-0.4, -0.2) is 31.1 Å². The van der Waals surface area contributed by atoms with Crippen molar-refractivity contribution in [1.29, 1.82) is 0 Å². The average Bonchev–Trinajstić information content (AvgIpc) is 3.34. The molecule has 1 fully saturated rings. The number of hydrogen-bond acceptors (Lipinski definition) is 5. The van der Waals surface area contributed by atoms with E-state index in [2.05, 4.69) is 17.4 Å². The van der Waals surface area contributed by atoms with Gasteiger partial charge in [-0.3, -0.25) is 0 Å². The summed E-state index contributed by atoms with van der Waals surface area (Å²) in [4.78, 5) is 0. The van der Waals surface area contributed by atoms with Crippen molar-refractivity contribution in [2.24, 2.45) is 0 Å². The summed E-state index contributed by atoms with van der Waals surface area (Å²) in [5.41, 5.74) is 2.19. The minimum absolute atomic E-state index is 0.102. The molecule has 3 atom stereocenters. The molecule has 0 saturated carbocycles. The predicted molar refractivity (Wildman–Crippen MR) is 98.8 cm³/mol. The molecule has 0 amide bonds. The normalized spacial score (nSPS) is 22.4. The number of methoxy groups -OCH3 is 1. The molecule has 2 heterocycles. The van der Waals surface area contributed by atoms with Gasteiger partial charge in [-0.25, -0.2) is 0 Å². The van der Waals surface area contributed by atoms with Gasteiger partial charge in [0.05, 0.1) is 13.2 Å². The molecule has 26 heavy (non-hydrogen) atoms. The Morgan fingerprint density at radius 3 is 2.73 bits per heavy atom. The Bertz CT molecular complexity index is 746. The lowest BCUT2D eigenvalue weighted by Gasteiger charge is -2.20. The number of rotatable bonds is 6. The van der Waals surface area contributed by atoms with Crippen LogP contribution in [0.25, 0.3) is 0 Å². The topological polar surface area (TPSA) is 60.0 Å². The van der Waals surface area contributed by atoms with Crippen LogP contribution >= 0.6 is 0 Å². The van der Waals surface area contributed by atoms with E-state index in [0.29, 0.717) is 12.8 Å². The van der Waals surface area contributed by atoms with E-state index in [1.807, 2.05) is 30.3 Å². The van der Waals surface area contributed by atoms with Crippen molar-refractivity contribution in [3.8, 4) is 17.2 Å². The van der Waals surface area contributed by atoms with Crippen molar-refractivity contribution >= 4 is 0 Å². The van der Waals surface area contributed by atoms with Gasteiger partial charge in [-0.1, -0.05) is 18.2 Å². The second-order valence-corrected chi connectivity index (χ2v) is 6.99. The number of benzene rings is 2. The van der Waals surface area contributed by atoms with E-state index in [9.17, 15) is 5.11 Å². The molecule has 0 spiro atoms. The summed E-state index contributed by atoms with van der Waals surface area (Å²) in [5, 5.41) is 14.3. The summed E-state index contributed by atoms with van der Waals surface area (Å²) in [5.74, 6) is 2.48. The SMILES string of the molecule is COc1ccc(C(O)C2CCC(CCc3ccc4c(c3)OCO4)N2)cc1. The van der Waals surface area contributed by atoms with E-state index in [1.165, 1.54) is 5.56 Å². The van der Waals surface area contributed by atoms with E-state index in [1.54, 1.807) is 7.11 Å². The van der Waals surface area contributed by atoms with Gasteiger partial charge in [0.1, 0.15) is 5.75 Å². The Labute approximate surface area is 153 Å². The van der Waals surface area contributed by atoms with Crippen molar-refractivity contribution in [2.45, 2.75) is 43.9 Å². The summed E-state index contributed by atoms with van der Waals surface area (Å²) < 4.78 is 16.0. The maximum absolute atomic E-state index is 10.7. The Balaban J connectivity index is 1.30. The van der Waals surface area contributed by atoms with Gasteiger partial charge in [0, 0.05) is 12.1 Å². The Kier molecular flexibility index (Phi) is 5.00. The van der Waals surface area contributed by atoms with E-state index in [0.717, 1.165) is 48.5 Å². The van der Waals surface area contributed by atoms with Crippen molar-refractivity contribution in [3.05, 3.63) is 53.6 Å². The number of aliphatic hydroxyl groups excluding tert-OH is 1. The molecular weight excluding hydrogens is 330 g/mol. The highest BCUT2D eigenvalue weighted by Crippen LogP contribution is 2.33. The van der Waals surface area contributed by atoms with Crippen molar-refractivity contribution < 1.29 is 19.3 Å². The highest BCUT2D eigenvalue weighted by Gasteiger charge is 2.29. The van der Waals surface area contributed by atoms with Crippen molar-refractivity contribution in [2.75, 3.05) is 13.9 Å². The smallest absolute Gasteiger partial charge is 0.231 e. The quantitative estimate of drug-likeness (QED) is 0.833. The van der Waals surface area contributed by atoms with Crippen LogP contribution in [0.4, 0.5) is 0 Å². The second kappa shape index (κ2) is 7.56. The van der Waals surface area contributed by atoms with E-state index < -0.39 is 6.10 Å². The van der Waals surface area contributed by atoms with Crippen LogP contribution in [0, 0.1) is 0 Å². The average molecular weight is 355 g/mol. The number of aliphatic hydroxyl groups is 1. The standard InChI is InChI=1S/C21H25NO4/c1-24-17-8-4-15(5-9-17)21(23)18-10-7-16(22-18)6-2-14-3-11-19-20(12-14)26-13-25-19/h3-5,8-9,11-12,16,18,21-23H,2,6-7,10,13H2,1H3. The molecule has 1 saturated heterocycles. The molecule has 2 aliphatic heterocycles. The monoisotopic (exact) mass is 355 g/mol. The molecular formula is C21H25NO4. The Morgan fingerprint density at radius 1 is 1.12 bits per heavy atom. The third kappa shape index (κ3) is 3.64. The van der Waals surface area contributed by atoms with Crippen molar-refractivity contribution in [1.82, 2.24) is 5.32 Å². The van der Waals surface area contributed by atoms with Gasteiger partial charge >= 0.3 is 0 Å². The minimum Gasteiger partial charge on any atom is -0.497 e. The molecule has 2 aliphatic rings. The van der Waals surface area contributed by atoms with Crippen LogP contribution in [0.3, 0.4) is 0 Å². The summed E-state index contributed by atoms with van der Waals surface area (Å²) in [6, 6.07) is 14.3. The van der Waals surface area contributed by atoms with Gasteiger partial charge in [-0.05, 0) is 61.1 Å². The largest absolute Gasteiger partial charge is 0.497 e. The highest BCUT2D eigenvalue weighted by atomic mass is 16.7. The second-order valence-electron chi connectivity index (χ2n) is 6.99. The first-order valence-electron chi connectivity index (χ1n) is 9.19. The van der Waals surface area contributed by atoms with Gasteiger partial charge in [-0.2, -0.15) is 0 Å². The summed E-state index contributed by atoms with van der Waals surface area (Å²) in [6.45, 7) is 0.313. The fourth-order valence-electron chi connectivity index (χ4n) is 3.80. The summed E-state index contributed by atoms with van der Waals surface area (Å²) >= 11 is 0. The fourth-order valence-corrected chi connectivity index (χ4v) is 3.80. The molecule has 138 valence electrons. The lowest BCUT2D eigenvalue weighted by atomic mass is 10.0. The number of nitrogens with one attached hydrogen (secondary N) is 1. The van der Waals surface area contributed by atoms with E-state index in [-0.39, 0.29) is 6.04 Å². The number of hydrogen-bond donors (Lipinski definition) is 2. The number of ether oxygens (including phenoxy) is 3. The van der Waals surface area contributed by atoms with Gasteiger partial charge < -0.3 is 24.6 Å². The maximum Gasteiger partial charge on any atom is 0.231 e. The molecule has 3 unspecified atom stereocenters. The first-order chi connectivity index (χ1) is 12.7. The molecule has 4 rings (SSSR count). The van der Waals surface area contributed by atoms with Gasteiger partial charge in [0.15, 0.2) is 11.5 Å². The molecule has 5 nitrogen and oxygen atoms in total. The molecule has 5 heteroatoms. The fraction of sp³-hybridized carbons (Fsp3) is 0.429. The minimum atomic E-state index is -0.489. The molecule has 0 bridgehead atoms. The maximum atomic E-state index is 10.7. The molecule has 0 aliphatic carbocycles. The van der Waals surface area contributed by atoms with Crippen LogP contribution < -0.4 is 19.5 Å². The zero-order valence-corrected chi connectivity index (χ0v) is 15.0. The molecule has 2 N–H and O–H groups in total. The third-order valence-electron chi connectivity index (χ3n) is 5.33. The first kappa shape index (κ1) is 17.2. The number of fused-ring (bicyclic) bond motifs is 1. The molecule has 2 aromatic rings. The summed E-state index contributed by atoms with van der Waals surface area (Å²) in [6.07, 6.45) is 3.61.